The van der Waals surface area contributed by atoms with Crippen molar-refractivity contribution in [1.29, 1.82) is 0 Å². The van der Waals surface area contributed by atoms with Crippen LogP contribution in [0.2, 0.25) is 0 Å². The molecular weight excluding hydrogens is 278 g/mol. The third-order valence-corrected chi connectivity index (χ3v) is 4.96. The van der Waals surface area contributed by atoms with Gasteiger partial charge in [-0.05, 0) is 57.9 Å². The van der Waals surface area contributed by atoms with E-state index in [0.717, 1.165) is 39.0 Å². The standard InChI is InChI=1S/C16H27N5O/c22-15(18-10-14-20-11-2-1-3-12-20)16(5-8-17-9-6-16)21-13-4-7-19-21/h4,7,13,17H,1-3,5-6,8-12,14H2,(H,18,22). The molecular formula is C16H27N5O. The molecule has 0 spiro atoms. The predicted molar refractivity (Wildman–Crippen MR) is 85.6 cm³/mol. The summed E-state index contributed by atoms with van der Waals surface area (Å²) < 4.78 is 1.85. The van der Waals surface area contributed by atoms with Crippen LogP contribution in [-0.2, 0) is 10.3 Å². The van der Waals surface area contributed by atoms with E-state index in [4.69, 9.17) is 0 Å². The summed E-state index contributed by atoms with van der Waals surface area (Å²) in [5, 5.41) is 10.8. The van der Waals surface area contributed by atoms with Crippen LogP contribution in [-0.4, -0.2) is 59.9 Å². The molecule has 22 heavy (non-hydrogen) atoms. The first-order chi connectivity index (χ1) is 10.8. The lowest BCUT2D eigenvalue weighted by Gasteiger charge is -2.36. The molecule has 0 saturated carbocycles. The van der Waals surface area contributed by atoms with Gasteiger partial charge in [0.05, 0.1) is 0 Å². The largest absolute Gasteiger partial charge is 0.353 e. The molecule has 0 aliphatic carbocycles. The van der Waals surface area contributed by atoms with Gasteiger partial charge >= 0.3 is 0 Å². The third kappa shape index (κ3) is 3.33. The number of hydrogen-bond acceptors (Lipinski definition) is 4. The minimum absolute atomic E-state index is 0.120. The summed E-state index contributed by atoms with van der Waals surface area (Å²) in [6.45, 7) is 5.75. The SMILES string of the molecule is O=C(NCCN1CCCCC1)C1(n2cccn2)CCNCC1. The predicted octanol–water partition coefficient (Wildman–Crippen LogP) is 0.564. The van der Waals surface area contributed by atoms with Gasteiger partial charge < -0.3 is 15.5 Å². The van der Waals surface area contributed by atoms with E-state index in [-0.39, 0.29) is 5.91 Å². The molecule has 3 rings (SSSR count). The van der Waals surface area contributed by atoms with Crippen molar-refractivity contribution in [3.8, 4) is 0 Å². The van der Waals surface area contributed by atoms with Crippen LogP contribution in [0.25, 0.3) is 0 Å². The molecule has 0 radical (unpaired) electrons. The van der Waals surface area contributed by atoms with Crippen LogP contribution in [0.3, 0.4) is 0 Å². The van der Waals surface area contributed by atoms with Crippen molar-refractivity contribution in [3.63, 3.8) is 0 Å². The Morgan fingerprint density at radius 3 is 2.68 bits per heavy atom. The second-order valence-electron chi connectivity index (χ2n) is 6.39. The first-order valence-electron chi connectivity index (χ1n) is 8.53. The van der Waals surface area contributed by atoms with Crippen LogP contribution >= 0.6 is 0 Å². The van der Waals surface area contributed by atoms with E-state index < -0.39 is 5.54 Å². The van der Waals surface area contributed by atoms with Crippen LogP contribution in [0.1, 0.15) is 32.1 Å². The third-order valence-electron chi connectivity index (χ3n) is 4.96. The molecule has 1 aromatic heterocycles. The van der Waals surface area contributed by atoms with Gasteiger partial charge in [0, 0.05) is 25.5 Å². The zero-order valence-corrected chi connectivity index (χ0v) is 13.3. The second kappa shape index (κ2) is 7.24. The molecule has 1 aromatic rings. The normalized spacial score (nSPS) is 22.4. The topological polar surface area (TPSA) is 62.2 Å². The van der Waals surface area contributed by atoms with Crippen molar-refractivity contribution >= 4 is 5.91 Å². The van der Waals surface area contributed by atoms with Gasteiger partial charge in [-0.2, -0.15) is 5.10 Å². The summed E-state index contributed by atoms with van der Waals surface area (Å²) in [4.78, 5) is 15.3. The van der Waals surface area contributed by atoms with Crippen molar-refractivity contribution in [3.05, 3.63) is 18.5 Å². The minimum Gasteiger partial charge on any atom is -0.353 e. The highest BCUT2D eigenvalue weighted by Gasteiger charge is 2.41. The van der Waals surface area contributed by atoms with E-state index in [0.29, 0.717) is 0 Å². The van der Waals surface area contributed by atoms with E-state index in [1.807, 2.05) is 16.9 Å². The Morgan fingerprint density at radius 2 is 2.00 bits per heavy atom. The summed E-state index contributed by atoms with van der Waals surface area (Å²) in [7, 11) is 0. The first kappa shape index (κ1) is 15.5. The fraction of sp³-hybridized carbons (Fsp3) is 0.750. The van der Waals surface area contributed by atoms with Crippen LogP contribution in [0.4, 0.5) is 0 Å². The lowest BCUT2D eigenvalue weighted by Crippen LogP contribution is -2.55. The highest BCUT2D eigenvalue weighted by Crippen LogP contribution is 2.27. The maximum atomic E-state index is 12.8. The van der Waals surface area contributed by atoms with E-state index in [1.54, 1.807) is 6.20 Å². The Hall–Kier alpha value is -1.40. The van der Waals surface area contributed by atoms with Gasteiger partial charge in [0.2, 0.25) is 5.91 Å². The number of nitrogens with one attached hydrogen (secondary N) is 2. The molecule has 2 fully saturated rings. The molecule has 2 N–H and O–H groups in total. The average Bonchev–Trinajstić information content (AvgIpc) is 3.11. The van der Waals surface area contributed by atoms with Crippen molar-refractivity contribution in [2.45, 2.75) is 37.6 Å². The number of aromatic nitrogens is 2. The molecule has 0 aromatic carbocycles. The molecule has 0 unspecified atom stereocenters. The quantitative estimate of drug-likeness (QED) is 0.835. The second-order valence-corrected chi connectivity index (χ2v) is 6.39. The number of rotatable bonds is 5. The smallest absolute Gasteiger partial charge is 0.248 e. The van der Waals surface area contributed by atoms with Crippen molar-refractivity contribution in [1.82, 2.24) is 25.3 Å². The van der Waals surface area contributed by atoms with Gasteiger partial charge in [-0.3, -0.25) is 9.48 Å². The van der Waals surface area contributed by atoms with Gasteiger partial charge in [0.1, 0.15) is 5.54 Å². The summed E-state index contributed by atoms with van der Waals surface area (Å²) in [5.74, 6) is 0.120. The zero-order chi connectivity index (χ0) is 15.3. The summed E-state index contributed by atoms with van der Waals surface area (Å²) in [6, 6.07) is 1.89. The number of carbonyl (C=O) groups is 1. The summed E-state index contributed by atoms with van der Waals surface area (Å²) in [6.07, 6.45) is 9.18. The summed E-state index contributed by atoms with van der Waals surface area (Å²) in [5.41, 5.74) is -0.517. The van der Waals surface area contributed by atoms with Gasteiger partial charge in [0.25, 0.3) is 0 Å². The molecule has 2 aliphatic heterocycles. The van der Waals surface area contributed by atoms with E-state index in [2.05, 4.69) is 20.6 Å². The van der Waals surface area contributed by atoms with Gasteiger partial charge in [-0.1, -0.05) is 6.42 Å². The fourth-order valence-corrected chi connectivity index (χ4v) is 3.60. The van der Waals surface area contributed by atoms with Crippen LogP contribution < -0.4 is 10.6 Å². The van der Waals surface area contributed by atoms with Crippen molar-refractivity contribution < 1.29 is 4.79 Å². The molecule has 6 nitrogen and oxygen atoms in total. The maximum Gasteiger partial charge on any atom is 0.248 e. The number of carbonyl (C=O) groups excluding carboxylic acids is 1. The molecule has 0 bridgehead atoms. The van der Waals surface area contributed by atoms with E-state index in [1.165, 1.54) is 32.4 Å². The van der Waals surface area contributed by atoms with Gasteiger partial charge in [-0.15, -0.1) is 0 Å². The lowest BCUT2D eigenvalue weighted by atomic mass is 9.87. The molecule has 3 heterocycles. The Balaban J connectivity index is 1.58. The monoisotopic (exact) mass is 305 g/mol. The van der Waals surface area contributed by atoms with Crippen molar-refractivity contribution in [2.75, 3.05) is 39.3 Å². The van der Waals surface area contributed by atoms with Crippen molar-refractivity contribution in [2.24, 2.45) is 0 Å². The Labute approximate surface area is 132 Å². The Morgan fingerprint density at radius 1 is 1.23 bits per heavy atom. The van der Waals surface area contributed by atoms with Gasteiger partial charge in [0.15, 0.2) is 0 Å². The lowest BCUT2D eigenvalue weighted by molar-refractivity contribution is -0.132. The number of nitrogens with zero attached hydrogens (tertiary/aromatic N) is 3. The molecule has 2 aliphatic rings. The molecule has 2 saturated heterocycles. The molecule has 0 atom stereocenters. The van der Waals surface area contributed by atoms with Crippen LogP contribution in [0.5, 0.6) is 0 Å². The van der Waals surface area contributed by atoms with E-state index in [9.17, 15) is 4.79 Å². The number of amides is 1. The highest BCUT2D eigenvalue weighted by atomic mass is 16.2. The van der Waals surface area contributed by atoms with Crippen LogP contribution in [0.15, 0.2) is 18.5 Å². The number of likely N-dealkylation sites (tertiary alicyclic amines) is 1. The molecule has 1 amide bonds. The molecule has 122 valence electrons. The highest BCUT2D eigenvalue weighted by molar-refractivity contribution is 5.84. The van der Waals surface area contributed by atoms with Crippen LogP contribution in [0, 0.1) is 0 Å². The average molecular weight is 305 g/mol. The minimum atomic E-state index is -0.517. The zero-order valence-electron chi connectivity index (χ0n) is 13.3. The maximum absolute atomic E-state index is 12.8. The van der Waals surface area contributed by atoms with Gasteiger partial charge in [-0.25, -0.2) is 0 Å². The first-order valence-corrected chi connectivity index (χ1v) is 8.53. The molecule has 6 heteroatoms. The Bertz CT molecular complexity index is 461. The van der Waals surface area contributed by atoms with E-state index >= 15 is 0 Å². The Kier molecular flexibility index (Phi) is 5.10. The number of piperidine rings is 2. The fourth-order valence-electron chi connectivity index (χ4n) is 3.60. The number of hydrogen-bond donors (Lipinski definition) is 2. The summed E-state index contributed by atoms with van der Waals surface area (Å²) >= 11 is 0.